The molecular formula is C41H74O14P2. The highest BCUT2D eigenvalue weighted by atomic mass is 31.2. The molecule has 0 fully saturated rings. The van der Waals surface area contributed by atoms with Gasteiger partial charge in [-0.15, -0.1) is 0 Å². The van der Waals surface area contributed by atoms with Gasteiger partial charge in [0.2, 0.25) is 0 Å². The van der Waals surface area contributed by atoms with Gasteiger partial charge in [-0.25, -0.2) is 9.13 Å². The number of phosphoric ester groups is 2. The van der Waals surface area contributed by atoms with Crippen LogP contribution >= 0.6 is 15.6 Å². The van der Waals surface area contributed by atoms with Gasteiger partial charge in [-0.1, -0.05) is 127 Å². The molecule has 0 bridgehead atoms. The van der Waals surface area contributed by atoms with Crippen molar-refractivity contribution < 1.29 is 66.7 Å². The second kappa shape index (κ2) is 37.1. The van der Waals surface area contributed by atoms with E-state index in [2.05, 4.69) is 59.4 Å². The lowest BCUT2D eigenvalue weighted by Gasteiger charge is -2.20. The minimum Gasteiger partial charge on any atom is -0.462 e. The second-order valence-corrected chi connectivity index (χ2v) is 17.2. The third-order valence-corrected chi connectivity index (χ3v) is 9.88. The van der Waals surface area contributed by atoms with Crippen molar-refractivity contribution in [1.82, 2.24) is 0 Å². The van der Waals surface area contributed by atoms with Gasteiger partial charge in [0, 0.05) is 19.4 Å². The van der Waals surface area contributed by atoms with Gasteiger partial charge in [-0.05, 0) is 63.7 Å². The van der Waals surface area contributed by atoms with E-state index in [1.165, 1.54) is 32.1 Å². The molecule has 1 unspecified atom stereocenters. The van der Waals surface area contributed by atoms with Gasteiger partial charge in [0.25, 0.3) is 0 Å². The number of esters is 2. The monoisotopic (exact) mass is 852 g/mol. The number of hydrogen-bond acceptors (Lipinski definition) is 11. The SMILES string of the molecule is CC(C)CCCCCCCCCCCC(=O)O[C@H](COC(=O)CCC/C=C\C/C=C\C/C=C\C/C=C\CCCCCO)COP(=O)(O)OC[C@@H](O)COP(=O)(O)O. The zero-order valence-corrected chi connectivity index (χ0v) is 36.3. The first kappa shape index (κ1) is 55.0. The van der Waals surface area contributed by atoms with Crippen molar-refractivity contribution in [3.63, 3.8) is 0 Å². The molecule has 332 valence electrons. The van der Waals surface area contributed by atoms with Gasteiger partial charge in [0.05, 0.1) is 19.8 Å². The summed E-state index contributed by atoms with van der Waals surface area (Å²) in [7, 11) is -9.69. The fourth-order valence-corrected chi connectivity index (χ4v) is 6.42. The Hall–Kier alpha value is -1.96. The molecule has 57 heavy (non-hydrogen) atoms. The number of hydrogen-bond donors (Lipinski definition) is 5. The third kappa shape index (κ3) is 42.0. The van der Waals surface area contributed by atoms with Crippen LogP contribution in [-0.4, -0.2) is 82.1 Å². The van der Waals surface area contributed by atoms with Crippen molar-refractivity contribution in [2.45, 2.75) is 161 Å². The molecule has 0 aliphatic heterocycles. The minimum absolute atomic E-state index is 0.109. The summed E-state index contributed by atoms with van der Waals surface area (Å²) in [5.41, 5.74) is 0. The number of aliphatic hydroxyl groups excluding tert-OH is 2. The van der Waals surface area contributed by atoms with E-state index in [4.69, 9.17) is 28.9 Å². The summed E-state index contributed by atoms with van der Waals surface area (Å²) in [6.45, 7) is 1.96. The molecule has 0 saturated carbocycles. The second-order valence-electron chi connectivity index (χ2n) is 14.5. The molecule has 0 aromatic rings. The lowest BCUT2D eigenvalue weighted by molar-refractivity contribution is -0.161. The predicted molar refractivity (Wildman–Crippen MR) is 222 cm³/mol. The van der Waals surface area contributed by atoms with Crippen LogP contribution in [0.4, 0.5) is 0 Å². The number of allylic oxidation sites excluding steroid dienone is 8. The molecule has 0 saturated heterocycles. The quantitative estimate of drug-likeness (QED) is 0.0169. The van der Waals surface area contributed by atoms with Crippen LogP contribution in [0.25, 0.3) is 0 Å². The number of aliphatic hydroxyl groups is 2. The van der Waals surface area contributed by atoms with Gasteiger partial charge < -0.3 is 34.4 Å². The van der Waals surface area contributed by atoms with E-state index in [1.54, 1.807) is 0 Å². The molecule has 0 aromatic carbocycles. The average molecular weight is 853 g/mol. The Labute approximate surface area is 342 Å². The molecule has 0 heterocycles. The van der Waals surface area contributed by atoms with E-state index in [-0.39, 0.29) is 19.4 Å². The van der Waals surface area contributed by atoms with Crippen molar-refractivity contribution in [2.75, 3.05) is 33.0 Å². The largest absolute Gasteiger partial charge is 0.472 e. The van der Waals surface area contributed by atoms with E-state index in [0.717, 1.165) is 76.5 Å². The summed E-state index contributed by atoms with van der Waals surface area (Å²) in [4.78, 5) is 52.5. The van der Waals surface area contributed by atoms with Crippen molar-refractivity contribution in [3.05, 3.63) is 48.6 Å². The highest BCUT2D eigenvalue weighted by Gasteiger charge is 2.28. The summed E-state index contributed by atoms with van der Waals surface area (Å²) in [6.07, 6.45) is 32.9. The van der Waals surface area contributed by atoms with E-state index in [0.29, 0.717) is 19.3 Å². The summed E-state index contributed by atoms with van der Waals surface area (Å²) in [5.74, 6) is -0.367. The lowest BCUT2D eigenvalue weighted by Crippen LogP contribution is -2.30. The number of carbonyl (C=O) groups excluding carboxylic acids is 2. The van der Waals surface area contributed by atoms with Crippen molar-refractivity contribution in [3.8, 4) is 0 Å². The molecule has 0 rings (SSSR count). The lowest BCUT2D eigenvalue weighted by atomic mass is 10.0. The zero-order chi connectivity index (χ0) is 42.5. The maximum Gasteiger partial charge on any atom is 0.472 e. The number of rotatable bonds is 39. The van der Waals surface area contributed by atoms with Crippen molar-refractivity contribution in [1.29, 1.82) is 0 Å². The standard InChI is InChI=1S/C41H74O14P2/c1-37(2)29-25-21-17-13-12-15-19-23-27-31-41(45)55-39(36-54-57(49,50)53-34-38(43)33-52-56(46,47)48)35-51-40(44)30-26-22-18-14-10-8-6-4-3-5-7-9-11-16-20-24-28-32-42/h3,5-6,8-9,11,14,18,37-39,42-43H,4,7,10,12-13,15-17,19-36H2,1-2H3,(H,49,50)(H2,46,47,48)/b5-3-,8-6-,11-9-,18-14-/t38-,39+/m0/s1. The summed E-state index contributed by atoms with van der Waals surface area (Å²) in [5, 5.41) is 18.5. The van der Waals surface area contributed by atoms with E-state index >= 15 is 0 Å². The molecule has 3 atom stereocenters. The molecule has 14 nitrogen and oxygen atoms in total. The fraction of sp³-hybridized carbons (Fsp3) is 0.756. The fourth-order valence-electron chi connectivity index (χ4n) is 5.27. The molecule has 0 aliphatic carbocycles. The van der Waals surface area contributed by atoms with Crippen molar-refractivity contribution >= 4 is 27.6 Å². The molecule has 0 amide bonds. The van der Waals surface area contributed by atoms with Crippen LogP contribution in [0.1, 0.15) is 149 Å². The first-order chi connectivity index (χ1) is 27.2. The Bertz CT molecular complexity index is 1210. The average Bonchev–Trinajstić information content (AvgIpc) is 3.15. The first-order valence-electron chi connectivity index (χ1n) is 20.8. The molecule has 0 aliphatic rings. The van der Waals surface area contributed by atoms with Crippen LogP contribution in [0.2, 0.25) is 0 Å². The summed E-state index contributed by atoms with van der Waals surface area (Å²) >= 11 is 0. The highest BCUT2D eigenvalue weighted by Crippen LogP contribution is 2.43. The smallest absolute Gasteiger partial charge is 0.462 e. The summed E-state index contributed by atoms with van der Waals surface area (Å²) in [6, 6.07) is 0. The first-order valence-corrected chi connectivity index (χ1v) is 23.8. The van der Waals surface area contributed by atoms with E-state index in [9.17, 15) is 28.7 Å². The van der Waals surface area contributed by atoms with Gasteiger partial charge >= 0.3 is 27.6 Å². The maximum atomic E-state index is 12.6. The predicted octanol–water partition coefficient (Wildman–Crippen LogP) is 9.11. The van der Waals surface area contributed by atoms with Gasteiger partial charge in [-0.2, -0.15) is 0 Å². The molecule has 16 heteroatoms. The van der Waals surface area contributed by atoms with Crippen LogP contribution in [0, 0.1) is 5.92 Å². The van der Waals surface area contributed by atoms with Crippen LogP contribution in [0.3, 0.4) is 0 Å². The number of phosphoric acid groups is 2. The van der Waals surface area contributed by atoms with Crippen LogP contribution in [0.5, 0.6) is 0 Å². The number of unbranched alkanes of at least 4 members (excludes halogenated alkanes) is 12. The van der Waals surface area contributed by atoms with Gasteiger partial charge in [0.1, 0.15) is 12.7 Å². The Morgan fingerprint density at radius 1 is 0.561 bits per heavy atom. The van der Waals surface area contributed by atoms with Crippen LogP contribution < -0.4 is 0 Å². The third-order valence-electron chi connectivity index (χ3n) is 8.44. The Balaban J connectivity index is 4.61. The Morgan fingerprint density at radius 2 is 1.04 bits per heavy atom. The molecular weight excluding hydrogens is 778 g/mol. The summed E-state index contributed by atoms with van der Waals surface area (Å²) < 4.78 is 47.6. The Kier molecular flexibility index (Phi) is 35.8. The molecule has 0 spiro atoms. The normalized spacial score (nSPS) is 14.7. The number of ether oxygens (including phenoxy) is 2. The van der Waals surface area contributed by atoms with Gasteiger partial charge in [0.15, 0.2) is 6.10 Å². The Morgan fingerprint density at radius 3 is 1.60 bits per heavy atom. The molecule has 5 N–H and O–H groups in total. The van der Waals surface area contributed by atoms with Crippen LogP contribution in [0.15, 0.2) is 48.6 Å². The maximum absolute atomic E-state index is 12.6. The topological polar surface area (TPSA) is 216 Å². The van der Waals surface area contributed by atoms with Crippen molar-refractivity contribution in [2.24, 2.45) is 5.92 Å². The molecule has 0 radical (unpaired) electrons. The van der Waals surface area contributed by atoms with Crippen LogP contribution in [-0.2, 0) is 41.8 Å². The van der Waals surface area contributed by atoms with E-state index in [1.807, 2.05) is 12.2 Å². The number of carbonyl (C=O) groups is 2. The highest BCUT2D eigenvalue weighted by molar-refractivity contribution is 7.47. The van der Waals surface area contributed by atoms with Gasteiger partial charge in [-0.3, -0.25) is 23.2 Å². The zero-order valence-electron chi connectivity index (χ0n) is 34.5. The van der Waals surface area contributed by atoms with E-state index < -0.39 is 66.2 Å². The minimum atomic E-state index is -4.87. The molecule has 0 aromatic heterocycles.